The Morgan fingerprint density at radius 1 is 1.12 bits per heavy atom. The van der Waals surface area contributed by atoms with E-state index >= 15 is 0 Å². The first-order valence-corrected chi connectivity index (χ1v) is 8.00. The van der Waals surface area contributed by atoms with Crippen LogP contribution in [0.2, 0.25) is 0 Å². The first-order chi connectivity index (χ1) is 12.0. The molecule has 0 saturated carbocycles. The second-order valence-electron chi connectivity index (χ2n) is 5.92. The van der Waals surface area contributed by atoms with Gasteiger partial charge in [0.1, 0.15) is 5.82 Å². The molecule has 6 heteroatoms. The van der Waals surface area contributed by atoms with Gasteiger partial charge in [-0.1, -0.05) is 37.3 Å². The third-order valence-electron chi connectivity index (χ3n) is 3.64. The van der Waals surface area contributed by atoms with Gasteiger partial charge in [0.15, 0.2) is 0 Å². The average Bonchev–Trinajstić information content (AvgIpc) is 2.63. The number of hydrogen-bond acceptors (Lipinski definition) is 3. The highest BCUT2D eigenvalue weighted by atomic mass is 19.1. The molecule has 0 aliphatic rings. The zero-order valence-corrected chi connectivity index (χ0v) is 14.0. The maximum absolute atomic E-state index is 12.9. The number of nitrogens with one attached hydrogen (secondary N) is 1. The van der Waals surface area contributed by atoms with Gasteiger partial charge in [-0.25, -0.2) is 4.39 Å². The zero-order chi connectivity index (χ0) is 18.2. The summed E-state index contributed by atoms with van der Waals surface area (Å²) in [4.78, 5) is 26.2. The van der Waals surface area contributed by atoms with Gasteiger partial charge in [-0.3, -0.25) is 9.59 Å². The van der Waals surface area contributed by atoms with Crippen molar-refractivity contribution >= 4 is 17.5 Å². The molecule has 0 fully saturated rings. The topological polar surface area (TPSA) is 69.6 Å². The minimum atomic E-state index is -0.798. The van der Waals surface area contributed by atoms with E-state index in [-0.39, 0.29) is 25.6 Å². The van der Waals surface area contributed by atoms with Gasteiger partial charge in [0.25, 0.3) is 0 Å². The Morgan fingerprint density at radius 2 is 1.76 bits per heavy atom. The summed E-state index contributed by atoms with van der Waals surface area (Å²) in [5.74, 6) is -2.08. The summed E-state index contributed by atoms with van der Waals surface area (Å²) in [6, 6.07) is 14.5. The van der Waals surface area contributed by atoms with Crippen molar-refractivity contribution < 1.29 is 19.1 Å². The van der Waals surface area contributed by atoms with Crippen molar-refractivity contribution in [2.45, 2.75) is 13.5 Å². The molecule has 0 bridgehead atoms. The van der Waals surface area contributed by atoms with Crippen LogP contribution in [0, 0.1) is 11.7 Å². The molecule has 2 amide bonds. The fraction of sp³-hybridized carbons (Fsp3) is 0.263. The van der Waals surface area contributed by atoms with Crippen LogP contribution in [0.25, 0.3) is 0 Å². The van der Waals surface area contributed by atoms with Crippen molar-refractivity contribution in [3.63, 3.8) is 0 Å². The molecule has 1 unspecified atom stereocenters. The Labute approximate surface area is 146 Å². The van der Waals surface area contributed by atoms with Crippen LogP contribution in [0.5, 0.6) is 0 Å². The average molecular weight is 344 g/mol. The SMILES string of the molecule is CC(CO)CN(Cc1ccccc1)C(=O)C(=O)Nc1ccc(F)cc1. The van der Waals surface area contributed by atoms with E-state index in [1.807, 2.05) is 30.3 Å². The Hall–Kier alpha value is -2.73. The third kappa shape index (κ3) is 5.69. The standard InChI is InChI=1S/C19H21FN2O3/c1-14(13-23)11-22(12-15-5-3-2-4-6-15)19(25)18(24)21-17-9-7-16(20)8-10-17/h2-10,14,23H,11-13H2,1H3,(H,21,24). The lowest BCUT2D eigenvalue weighted by Gasteiger charge is -2.25. The third-order valence-corrected chi connectivity index (χ3v) is 3.64. The summed E-state index contributed by atoms with van der Waals surface area (Å²) in [6.45, 7) is 2.23. The molecule has 0 radical (unpaired) electrons. The van der Waals surface area contributed by atoms with E-state index in [0.29, 0.717) is 5.69 Å². The Morgan fingerprint density at radius 3 is 2.36 bits per heavy atom. The molecule has 25 heavy (non-hydrogen) atoms. The molecular formula is C19H21FN2O3. The fourth-order valence-corrected chi connectivity index (χ4v) is 2.32. The monoisotopic (exact) mass is 344 g/mol. The van der Waals surface area contributed by atoms with Gasteiger partial charge >= 0.3 is 11.8 Å². The molecule has 2 aromatic carbocycles. The quantitative estimate of drug-likeness (QED) is 0.791. The van der Waals surface area contributed by atoms with Gasteiger partial charge in [0.05, 0.1) is 0 Å². The van der Waals surface area contributed by atoms with Crippen LogP contribution in [-0.4, -0.2) is 35.0 Å². The van der Waals surface area contributed by atoms with Crippen molar-refractivity contribution in [1.29, 1.82) is 0 Å². The predicted octanol–water partition coefficient (Wildman–Crippen LogP) is 2.42. The van der Waals surface area contributed by atoms with Crippen molar-refractivity contribution in [3.8, 4) is 0 Å². The first kappa shape index (κ1) is 18.6. The van der Waals surface area contributed by atoms with E-state index in [4.69, 9.17) is 0 Å². The Bertz CT molecular complexity index is 704. The Kier molecular flexibility index (Phi) is 6.65. The molecular weight excluding hydrogens is 323 g/mol. The Balaban J connectivity index is 2.09. The molecule has 0 aliphatic carbocycles. The molecule has 0 heterocycles. The fourth-order valence-electron chi connectivity index (χ4n) is 2.32. The molecule has 2 aromatic rings. The second kappa shape index (κ2) is 8.94. The molecule has 132 valence electrons. The van der Waals surface area contributed by atoms with Gasteiger partial charge in [-0.2, -0.15) is 0 Å². The number of aliphatic hydroxyl groups is 1. The van der Waals surface area contributed by atoms with Crippen LogP contribution in [-0.2, 0) is 16.1 Å². The molecule has 0 aliphatic heterocycles. The minimum absolute atomic E-state index is 0.0852. The summed E-state index contributed by atoms with van der Waals surface area (Å²) in [5.41, 5.74) is 1.23. The van der Waals surface area contributed by atoms with Gasteiger partial charge in [0.2, 0.25) is 0 Å². The van der Waals surface area contributed by atoms with Gasteiger partial charge in [0, 0.05) is 25.4 Å². The first-order valence-electron chi connectivity index (χ1n) is 8.00. The number of aliphatic hydroxyl groups excluding tert-OH is 1. The van der Waals surface area contributed by atoms with Crippen LogP contribution in [0.3, 0.4) is 0 Å². The van der Waals surface area contributed by atoms with Crippen LogP contribution < -0.4 is 5.32 Å². The van der Waals surface area contributed by atoms with E-state index in [2.05, 4.69) is 5.32 Å². The summed E-state index contributed by atoms with van der Waals surface area (Å²) >= 11 is 0. The molecule has 5 nitrogen and oxygen atoms in total. The second-order valence-corrected chi connectivity index (χ2v) is 5.92. The van der Waals surface area contributed by atoms with Crippen LogP contribution in [0.15, 0.2) is 54.6 Å². The van der Waals surface area contributed by atoms with Crippen LogP contribution >= 0.6 is 0 Å². The highest BCUT2D eigenvalue weighted by Gasteiger charge is 2.23. The molecule has 0 saturated heterocycles. The molecule has 1 atom stereocenters. The highest BCUT2D eigenvalue weighted by molar-refractivity contribution is 6.39. The normalized spacial score (nSPS) is 11.6. The number of benzene rings is 2. The number of rotatable bonds is 6. The largest absolute Gasteiger partial charge is 0.396 e. The lowest BCUT2D eigenvalue weighted by molar-refractivity contribution is -0.144. The molecule has 0 aromatic heterocycles. The van der Waals surface area contributed by atoms with E-state index in [9.17, 15) is 19.1 Å². The van der Waals surface area contributed by atoms with Crippen LogP contribution in [0.4, 0.5) is 10.1 Å². The number of anilines is 1. The predicted molar refractivity (Wildman–Crippen MR) is 93.1 cm³/mol. The van der Waals surface area contributed by atoms with E-state index in [1.54, 1.807) is 6.92 Å². The van der Waals surface area contributed by atoms with Gasteiger partial charge in [-0.05, 0) is 35.7 Å². The van der Waals surface area contributed by atoms with Gasteiger partial charge < -0.3 is 15.3 Å². The summed E-state index contributed by atoms with van der Waals surface area (Å²) in [7, 11) is 0. The molecule has 0 spiro atoms. The summed E-state index contributed by atoms with van der Waals surface area (Å²) < 4.78 is 12.9. The highest BCUT2D eigenvalue weighted by Crippen LogP contribution is 2.11. The summed E-state index contributed by atoms with van der Waals surface area (Å²) in [5, 5.41) is 11.7. The van der Waals surface area contributed by atoms with Gasteiger partial charge in [-0.15, -0.1) is 0 Å². The van der Waals surface area contributed by atoms with Crippen molar-refractivity contribution in [2.24, 2.45) is 5.92 Å². The van der Waals surface area contributed by atoms with E-state index < -0.39 is 17.6 Å². The number of halogens is 1. The van der Waals surface area contributed by atoms with E-state index in [1.165, 1.54) is 29.2 Å². The van der Waals surface area contributed by atoms with E-state index in [0.717, 1.165) is 5.56 Å². The number of nitrogens with zero attached hydrogens (tertiary/aromatic N) is 1. The number of amides is 2. The number of carbonyl (C=O) groups is 2. The van der Waals surface area contributed by atoms with Crippen molar-refractivity contribution in [3.05, 3.63) is 66.0 Å². The lowest BCUT2D eigenvalue weighted by Crippen LogP contribution is -2.42. The molecule has 2 N–H and O–H groups in total. The maximum atomic E-state index is 12.9. The van der Waals surface area contributed by atoms with Crippen LogP contribution in [0.1, 0.15) is 12.5 Å². The smallest absolute Gasteiger partial charge is 0.313 e. The van der Waals surface area contributed by atoms with Crippen molar-refractivity contribution in [2.75, 3.05) is 18.5 Å². The minimum Gasteiger partial charge on any atom is -0.396 e. The number of carbonyl (C=O) groups excluding carboxylic acids is 2. The summed E-state index contributed by atoms with van der Waals surface area (Å²) in [6.07, 6.45) is 0. The van der Waals surface area contributed by atoms with Crippen molar-refractivity contribution in [1.82, 2.24) is 4.90 Å². The zero-order valence-electron chi connectivity index (χ0n) is 14.0. The number of hydrogen-bond donors (Lipinski definition) is 2. The lowest BCUT2D eigenvalue weighted by atomic mass is 10.1. The molecule has 2 rings (SSSR count). The maximum Gasteiger partial charge on any atom is 0.313 e.